The fourth-order valence-electron chi connectivity index (χ4n) is 3.52. The van der Waals surface area contributed by atoms with Crippen LogP contribution in [0.4, 0.5) is 11.4 Å². The molecule has 4 aromatic rings. The summed E-state index contributed by atoms with van der Waals surface area (Å²) in [5.74, 6) is 0.382. The Bertz CT molecular complexity index is 1420. The molecule has 1 unspecified atom stereocenters. The van der Waals surface area contributed by atoms with Gasteiger partial charge in [-0.05, 0) is 61.0 Å². The monoisotopic (exact) mass is 518 g/mol. The van der Waals surface area contributed by atoms with Gasteiger partial charge in [0.1, 0.15) is 11.0 Å². The molecule has 8 heteroatoms. The number of methoxy groups -OCH3 is 1. The summed E-state index contributed by atoms with van der Waals surface area (Å²) in [6, 6.07) is 30.4. The zero-order chi connectivity index (χ0) is 25.5. The molecular weight excluding hydrogens is 492 g/mol. The van der Waals surface area contributed by atoms with E-state index in [1.165, 1.54) is 11.8 Å². The third kappa shape index (κ3) is 6.27. The zero-order valence-corrected chi connectivity index (χ0v) is 21.5. The highest BCUT2D eigenvalue weighted by Gasteiger charge is 2.23. The largest absolute Gasteiger partial charge is 0.495 e. The minimum absolute atomic E-state index is 0.195. The lowest BCUT2D eigenvalue weighted by molar-refractivity contribution is -0.115. The summed E-state index contributed by atoms with van der Waals surface area (Å²) < 4.78 is 33.4. The van der Waals surface area contributed by atoms with Crippen molar-refractivity contribution >= 4 is 39.1 Å². The number of rotatable bonds is 9. The molecule has 184 valence electrons. The average molecular weight is 519 g/mol. The molecule has 0 fully saturated rings. The number of carbonyl (C=O) groups excluding carboxylic acids is 1. The highest BCUT2D eigenvalue weighted by atomic mass is 32.2. The maximum atomic E-state index is 13.3. The Labute approximate surface area is 215 Å². The van der Waals surface area contributed by atoms with Gasteiger partial charge >= 0.3 is 0 Å². The minimum Gasteiger partial charge on any atom is -0.495 e. The van der Waals surface area contributed by atoms with E-state index in [0.29, 0.717) is 17.1 Å². The van der Waals surface area contributed by atoms with Crippen LogP contribution in [0.5, 0.6) is 5.75 Å². The number of para-hydroxylation sites is 2. The lowest BCUT2D eigenvalue weighted by atomic mass is 10.1. The average Bonchev–Trinajstić information content (AvgIpc) is 2.89. The molecule has 0 radical (unpaired) electrons. The second-order valence-corrected chi connectivity index (χ2v) is 10.9. The molecule has 0 saturated carbocycles. The van der Waals surface area contributed by atoms with E-state index in [0.717, 1.165) is 16.0 Å². The highest BCUT2D eigenvalue weighted by Crippen LogP contribution is 2.37. The van der Waals surface area contributed by atoms with Gasteiger partial charge < -0.3 is 10.1 Å². The fourth-order valence-corrected chi connectivity index (χ4v) is 5.60. The normalized spacial score (nSPS) is 11.9. The van der Waals surface area contributed by atoms with Crippen LogP contribution in [-0.4, -0.2) is 21.4 Å². The van der Waals surface area contributed by atoms with E-state index < -0.39 is 15.3 Å². The number of hydrogen-bond donors (Lipinski definition) is 2. The molecule has 0 heterocycles. The number of nitrogens with one attached hydrogen (secondary N) is 2. The summed E-state index contributed by atoms with van der Waals surface area (Å²) >= 11 is 1.38. The smallest absolute Gasteiger partial charge is 0.261 e. The molecule has 4 aromatic carbocycles. The maximum Gasteiger partial charge on any atom is 0.261 e. The van der Waals surface area contributed by atoms with Crippen molar-refractivity contribution < 1.29 is 17.9 Å². The topological polar surface area (TPSA) is 84.5 Å². The number of carbonyl (C=O) groups is 1. The Morgan fingerprint density at radius 2 is 1.47 bits per heavy atom. The van der Waals surface area contributed by atoms with Crippen LogP contribution < -0.4 is 14.8 Å². The van der Waals surface area contributed by atoms with Crippen LogP contribution in [0.2, 0.25) is 0 Å². The first-order valence-electron chi connectivity index (χ1n) is 11.2. The molecular formula is C28H26N2O4S2. The van der Waals surface area contributed by atoms with Gasteiger partial charge in [0.05, 0.1) is 17.7 Å². The predicted molar refractivity (Wildman–Crippen MR) is 145 cm³/mol. The summed E-state index contributed by atoms with van der Waals surface area (Å²) in [7, 11) is -2.14. The summed E-state index contributed by atoms with van der Waals surface area (Å²) in [6.45, 7) is 1.90. The predicted octanol–water partition coefficient (Wildman–Crippen LogP) is 6.28. The summed E-state index contributed by atoms with van der Waals surface area (Å²) in [5.41, 5.74) is 2.86. The number of sulfonamides is 1. The van der Waals surface area contributed by atoms with E-state index in [4.69, 9.17) is 4.74 Å². The first-order valence-corrected chi connectivity index (χ1v) is 13.6. The van der Waals surface area contributed by atoms with E-state index in [1.807, 2.05) is 49.4 Å². The van der Waals surface area contributed by atoms with Crippen molar-refractivity contribution in [3.63, 3.8) is 0 Å². The third-order valence-corrected chi connectivity index (χ3v) is 8.06. The molecule has 0 aromatic heterocycles. The van der Waals surface area contributed by atoms with Gasteiger partial charge in [-0.15, -0.1) is 11.8 Å². The number of thioether (sulfide) groups is 1. The lowest BCUT2D eigenvalue weighted by Crippen LogP contribution is -2.19. The molecule has 0 spiro atoms. The lowest BCUT2D eigenvalue weighted by Gasteiger charge is -2.18. The van der Waals surface area contributed by atoms with Crippen molar-refractivity contribution in [3.05, 3.63) is 114 Å². The van der Waals surface area contributed by atoms with Crippen LogP contribution >= 0.6 is 11.8 Å². The van der Waals surface area contributed by atoms with E-state index in [-0.39, 0.29) is 10.8 Å². The standard InChI is InChI=1S/C28H26N2O4S2/c1-20-12-18-24(19-13-20)36(32,33)30-22-14-16-23(17-15-22)35-27(21-8-4-3-5-9-21)28(31)29-25-10-6-7-11-26(25)34-2/h3-19,27,30H,1-2H3,(H,29,31). The molecule has 1 amide bonds. The number of aryl methyl sites for hydroxylation is 1. The summed E-state index contributed by atoms with van der Waals surface area (Å²) in [6.07, 6.45) is 0. The minimum atomic E-state index is -3.70. The van der Waals surface area contributed by atoms with Crippen molar-refractivity contribution in [1.29, 1.82) is 0 Å². The number of amides is 1. The van der Waals surface area contributed by atoms with E-state index in [2.05, 4.69) is 10.0 Å². The molecule has 0 bridgehead atoms. The van der Waals surface area contributed by atoms with Gasteiger partial charge in [0.25, 0.3) is 10.0 Å². The Morgan fingerprint density at radius 3 is 2.14 bits per heavy atom. The second kappa shape index (κ2) is 11.3. The first kappa shape index (κ1) is 25.3. The first-order chi connectivity index (χ1) is 17.4. The SMILES string of the molecule is COc1ccccc1NC(=O)C(Sc1ccc(NS(=O)(=O)c2ccc(C)cc2)cc1)c1ccccc1. The van der Waals surface area contributed by atoms with Crippen molar-refractivity contribution in [2.45, 2.75) is 22.0 Å². The van der Waals surface area contributed by atoms with E-state index >= 15 is 0 Å². The number of anilines is 2. The molecule has 0 saturated heterocycles. The molecule has 6 nitrogen and oxygen atoms in total. The van der Waals surface area contributed by atoms with Crippen molar-refractivity contribution in [2.24, 2.45) is 0 Å². The summed E-state index contributed by atoms with van der Waals surface area (Å²) in [5, 5.41) is 2.43. The second-order valence-electron chi connectivity index (χ2n) is 8.04. The van der Waals surface area contributed by atoms with Gasteiger partial charge in [0, 0.05) is 10.6 Å². The molecule has 0 aliphatic carbocycles. The van der Waals surface area contributed by atoms with Crippen molar-refractivity contribution in [2.75, 3.05) is 17.1 Å². The van der Waals surface area contributed by atoms with Gasteiger partial charge in [-0.3, -0.25) is 9.52 Å². The Kier molecular flexibility index (Phi) is 7.97. The molecule has 0 aliphatic heterocycles. The fraction of sp³-hybridized carbons (Fsp3) is 0.107. The zero-order valence-electron chi connectivity index (χ0n) is 19.8. The molecule has 36 heavy (non-hydrogen) atoms. The van der Waals surface area contributed by atoms with E-state index in [1.54, 1.807) is 67.8 Å². The van der Waals surface area contributed by atoms with E-state index in [9.17, 15) is 13.2 Å². The number of benzene rings is 4. The van der Waals surface area contributed by atoms with Gasteiger partial charge in [0.15, 0.2) is 0 Å². The molecule has 2 N–H and O–H groups in total. The molecule has 0 aliphatic rings. The maximum absolute atomic E-state index is 13.3. The Morgan fingerprint density at radius 1 is 0.833 bits per heavy atom. The Hall–Kier alpha value is -3.75. The number of hydrogen-bond acceptors (Lipinski definition) is 5. The Balaban J connectivity index is 1.52. The van der Waals surface area contributed by atoms with Crippen LogP contribution in [0.1, 0.15) is 16.4 Å². The van der Waals surface area contributed by atoms with Crippen LogP contribution in [0.15, 0.2) is 113 Å². The van der Waals surface area contributed by atoms with Crippen molar-refractivity contribution in [3.8, 4) is 5.75 Å². The van der Waals surface area contributed by atoms with Crippen LogP contribution in [0.25, 0.3) is 0 Å². The van der Waals surface area contributed by atoms with Gasteiger partial charge in [-0.2, -0.15) is 0 Å². The van der Waals surface area contributed by atoms with Crippen LogP contribution in [-0.2, 0) is 14.8 Å². The summed E-state index contributed by atoms with van der Waals surface area (Å²) in [4.78, 5) is 14.4. The van der Waals surface area contributed by atoms with Gasteiger partial charge in [-0.25, -0.2) is 8.42 Å². The van der Waals surface area contributed by atoms with Gasteiger partial charge in [-0.1, -0.05) is 60.2 Å². The van der Waals surface area contributed by atoms with Gasteiger partial charge in [0.2, 0.25) is 5.91 Å². The third-order valence-electron chi connectivity index (χ3n) is 5.40. The van der Waals surface area contributed by atoms with Crippen molar-refractivity contribution in [1.82, 2.24) is 0 Å². The van der Waals surface area contributed by atoms with Crippen LogP contribution in [0, 0.1) is 6.92 Å². The molecule has 1 atom stereocenters. The number of ether oxygens (including phenoxy) is 1. The van der Waals surface area contributed by atoms with Crippen LogP contribution in [0.3, 0.4) is 0 Å². The highest BCUT2D eigenvalue weighted by molar-refractivity contribution is 8.00. The quantitative estimate of drug-likeness (QED) is 0.255. The molecule has 4 rings (SSSR count).